The molecular weight excluding hydrogens is 264 g/mol. The van der Waals surface area contributed by atoms with Gasteiger partial charge in [0.15, 0.2) is 11.5 Å². The zero-order valence-electron chi connectivity index (χ0n) is 12.2. The Morgan fingerprint density at radius 3 is 2.57 bits per heavy atom. The highest BCUT2D eigenvalue weighted by Gasteiger charge is 2.05. The third-order valence-corrected chi connectivity index (χ3v) is 3.03. The van der Waals surface area contributed by atoms with Crippen molar-refractivity contribution >= 4 is 6.08 Å². The molecule has 110 valence electrons. The predicted octanol–water partition coefficient (Wildman–Crippen LogP) is 3.67. The lowest BCUT2D eigenvalue weighted by atomic mass is 10.1. The fraction of sp³-hybridized carbons (Fsp3) is 0.222. The fourth-order valence-electron chi connectivity index (χ4n) is 1.94. The van der Waals surface area contributed by atoms with E-state index in [0.717, 1.165) is 16.9 Å². The van der Waals surface area contributed by atoms with Gasteiger partial charge in [-0.05, 0) is 29.7 Å². The monoisotopic (exact) mass is 284 g/mol. The number of rotatable bonds is 7. The van der Waals surface area contributed by atoms with Crippen LogP contribution < -0.4 is 9.47 Å². The third-order valence-electron chi connectivity index (χ3n) is 3.03. The summed E-state index contributed by atoms with van der Waals surface area (Å²) < 4.78 is 11.2. The molecule has 2 rings (SSSR count). The van der Waals surface area contributed by atoms with E-state index in [-0.39, 0.29) is 6.61 Å². The van der Waals surface area contributed by atoms with E-state index in [1.165, 1.54) is 0 Å². The first-order chi connectivity index (χ1) is 10.3. The van der Waals surface area contributed by atoms with Crippen LogP contribution in [-0.4, -0.2) is 18.8 Å². The summed E-state index contributed by atoms with van der Waals surface area (Å²) in [5.74, 6) is 1.43. The average molecular weight is 284 g/mol. The molecule has 2 aromatic rings. The molecule has 0 bridgehead atoms. The highest BCUT2D eigenvalue weighted by atomic mass is 16.5. The van der Waals surface area contributed by atoms with Crippen molar-refractivity contribution < 1.29 is 14.6 Å². The van der Waals surface area contributed by atoms with Gasteiger partial charge < -0.3 is 14.6 Å². The van der Waals surface area contributed by atoms with Gasteiger partial charge in [-0.25, -0.2) is 0 Å². The van der Waals surface area contributed by atoms with E-state index in [4.69, 9.17) is 14.6 Å². The second-order valence-electron chi connectivity index (χ2n) is 4.60. The highest BCUT2D eigenvalue weighted by Crippen LogP contribution is 2.29. The van der Waals surface area contributed by atoms with Crippen LogP contribution in [0.3, 0.4) is 0 Å². The number of ether oxygens (including phenoxy) is 2. The zero-order valence-corrected chi connectivity index (χ0v) is 12.2. The Bertz CT molecular complexity index is 576. The molecule has 0 saturated heterocycles. The van der Waals surface area contributed by atoms with Crippen molar-refractivity contribution in [2.24, 2.45) is 0 Å². The Balaban J connectivity index is 2.05. The van der Waals surface area contributed by atoms with Crippen LogP contribution in [-0.2, 0) is 6.61 Å². The van der Waals surface area contributed by atoms with Gasteiger partial charge in [0.05, 0.1) is 7.11 Å². The van der Waals surface area contributed by atoms with E-state index in [1.54, 1.807) is 7.11 Å². The number of methoxy groups -OCH3 is 1. The first kappa shape index (κ1) is 15.1. The Morgan fingerprint density at radius 1 is 1.05 bits per heavy atom. The molecule has 0 heterocycles. The first-order valence-electron chi connectivity index (χ1n) is 6.95. The van der Waals surface area contributed by atoms with Crippen LogP contribution in [0.5, 0.6) is 11.5 Å². The molecule has 0 amide bonds. The molecular formula is C18H20O3. The van der Waals surface area contributed by atoms with Gasteiger partial charge in [0.25, 0.3) is 0 Å². The normalized spacial score (nSPS) is 10.8. The largest absolute Gasteiger partial charge is 0.493 e. The molecule has 1 N–H and O–H groups in total. The molecule has 2 aromatic carbocycles. The standard InChI is InChI=1S/C18H20O3/c1-20-18-13-15(7-5-6-12-19)10-11-17(18)21-14-16-8-3-2-4-9-16/h2-5,7-11,13,19H,6,12,14H2,1H3/b7-5+. The number of hydrogen-bond donors (Lipinski definition) is 1. The van der Waals surface area contributed by atoms with Gasteiger partial charge >= 0.3 is 0 Å². The van der Waals surface area contributed by atoms with Crippen LogP contribution in [0.2, 0.25) is 0 Å². The van der Waals surface area contributed by atoms with Gasteiger partial charge in [-0.15, -0.1) is 0 Å². The molecule has 3 nitrogen and oxygen atoms in total. The van der Waals surface area contributed by atoms with Crippen molar-refractivity contribution in [1.29, 1.82) is 0 Å². The van der Waals surface area contributed by atoms with Crippen molar-refractivity contribution in [1.82, 2.24) is 0 Å². The van der Waals surface area contributed by atoms with Crippen molar-refractivity contribution in [3.63, 3.8) is 0 Å². The van der Waals surface area contributed by atoms with Crippen LogP contribution in [0.1, 0.15) is 17.5 Å². The summed E-state index contributed by atoms with van der Waals surface area (Å²) in [4.78, 5) is 0. The summed E-state index contributed by atoms with van der Waals surface area (Å²) in [6.45, 7) is 0.669. The van der Waals surface area contributed by atoms with Crippen LogP contribution in [0.4, 0.5) is 0 Å². The summed E-state index contributed by atoms with van der Waals surface area (Å²) in [7, 11) is 1.63. The topological polar surface area (TPSA) is 38.7 Å². The van der Waals surface area contributed by atoms with E-state index in [1.807, 2.05) is 60.7 Å². The van der Waals surface area contributed by atoms with Crippen LogP contribution in [0, 0.1) is 0 Å². The molecule has 0 radical (unpaired) electrons. The molecule has 0 atom stereocenters. The van der Waals surface area contributed by atoms with Crippen LogP contribution in [0.25, 0.3) is 6.08 Å². The Kier molecular flexibility index (Phi) is 5.85. The van der Waals surface area contributed by atoms with Crippen molar-refractivity contribution in [2.75, 3.05) is 13.7 Å². The molecule has 0 aliphatic carbocycles. The van der Waals surface area contributed by atoms with Crippen molar-refractivity contribution in [3.05, 3.63) is 65.7 Å². The highest BCUT2D eigenvalue weighted by molar-refractivity contribution is 5.55. The Hall–Kier alpha value is -2.26. The molecule has 21 heavy (non-hydrogen) atoms. The van der Waals surface area contributed by atoms with Gasteiger partial charge in [0.1, 0.15) is 6.61 Å². The quantitative estimate of drug-likeness (QED) is 0.843. The van der Waals surface area contributed by atoms with Gasteiger partial charge in [0, 0.05) is 6.61 Å². The second kappa shape index (κ2) is 8.12. The third kappa shape index (κ3) is 4.65. The van der Waals surface area contributed by atoms with Gasteiger partial charge in [-0.3, -0.25) is 0 Å². The van der Waals surface area contributed by atoms with E-state index < -0.39 is 0 Å². The minimum atomic E-state index is 0.159. The molecule has 0 aliphatic rings. The first-order valence-corrected chi connectivity index (χ1v) is 6.95. The van der Waals surface area contributed by atoms with E-state index >= 15 is 0 Å². The lowest BCUT2D eigenvalue weighted by Gasteiger charge is -2.11. The van der Waals surface area contributed by atoms with Crippen molar-refractivity contribution in [2.45, 2.75) is 13.0 Å². The maximum absolute atomic E-state index is 8.77. The minimum Gasteiger partial charge on any atom is -0.493 e. The summed E-state index contributed by atoms with van der Waals surface area (Å²) in [6.07, 6.45) is 4.54. The van der Waals surface area contributed by atoms with Gasteiger partial charge in [0.2, 0.25) is 0 Å². The molecule has 0 saturated carbocycles. The van der Waals surface area contributed by atoms with E-state index in [2.05, 4.69) is 0 Å². The SMILES string of the molecule is COc1cc(/C=C/CCO)ccc1OCc1ccccc1. The summed E-state index contributed by atoms with van der Waals surface area (Å²) in [5, 5.41) is 8.77. The summed E-state index contributed by atoms with van der Waals surface area (Å²) in [6, 6.07) is 15.8. The smallest absolute Gasteiger partial charge is 0.161 e. The lowest BCUT2D eigenvalue weighted by molar-refractivity contribution is 0.284. The van der Waals surface area contributed by atoms with E-state index in [0.29, 0.717) is 18.8 Å². The number of aliphatic hydroxyl groups excluding tert-OH is 1. The Labute approximate surface area is 125 Å². The fourth-order valence-corrected chi connectivity index (χ4v) is 1.94. The molecule has 3 heteroatoms. The maximum Gasteiger partial charge on any atom is 0.161 e. The molecule has 0 aliphatic heterocycles. The molecule has 0 unspecified atom stereocenters. The van der Waals surface area contributed by atoms with E-state index in [9.17, 15) is 0 Å². The van der Waals surface area contributed by atoms with Gasteiger partial charge in [-0.2, -0.15) is 0 Å². The molecule has 0 fully saturated rings. The lowest BCUT2D eigenvalue weighted by Crippen LogP contribution is -1.97. The predicted molar refractivity (Wildman–Crippen MR) is 84.5 cm³/mol. The second-order valence-corrected chi connectivity index (χ2v) is 4.60. The Morgan fingerprint density at radius 2 is 1.86 bits per heavy atom. The summed E-state index contributed by atoms with van der Waals surface area (Å²) >= 11 is 0. The van der Waals surface area contributed by atoms with Crippen LogP contribution >= 0.6 is 0 Å². The zero-order chi connectivity index (χ0) is 14.9. The maximum atomic E-state index is 8.77. The molecule has 0 spiro atoms. The molecule has 0 aromatic heterocycles. The summed E-state index contributed by atoms with van der Waals surface area (Å²) in [5.41, 5.74) is 2.14. The van der Waals surface area contributed by atoms with Crippen molar-refractivity contribution in [3.8, 4) is 11.5 Å². The number of benzene rings is 2. The minimum absolute atomic E-state index is 0.159. The average Bonchev–Trinajstić information content (AvgIpc) is 2.54. The number of aliphatic hydroxyl groups is 1. The number of hydrogen-bond acceptors (Lipinski definition) is 3. The van der Waals surface area contributed by atoms with Gasteiger partial charge in [-0.1, -0.05) is 48.6 Å². The van der Waals surface area contributed by atoms with Crippen LogP contribution in [0.15, 0.2) is 54.6 Å².